The molecule has 1 aromatic carbocycles. The number of fused-ring (bicyclic) bond motifs is 1. The number of hydrogen-bond acceptors (Lipinski definition) is 5. The molecule has 2 amide bonds. The van der Waals surface area contributed by atoms with Gasteiger partial charge in [0.1, 0.15) is 0 Å². The van der Waals surface area contributed by atoms with Gasteiger partial charge in [-0.2, -0.15) is 5.10 Å². The first-order valence-electron chi connectivity index (χ1n) is 8.47. The molecule has 7 nitrogen and oxygen atoms in total. The highest BCUT2D eigenvalue weighted by Crippen LogP contribution is 2.23. The molecule has 0 radical (unpaired) electrons. The van der Waals surface area contributed by atoms with Crippen molar-refractivity contribution < 1.29 is 9.59 Å². The quantitative estimate of drug-likeness (QED) is 0.692. The summed E-state index contributed by atoms with van der Waals surface area (Å²) in [5.41, 5.74) is 2.24. The van der Waals surface area contributed by atoms with E-state index in [-0.39, 0.29) is 11.8 Å². The lowest BCUT2D eigenvalue weighted by Gasteiger charge is -2.33. The number of carbonyl (C=O) groups excluding carboxylic acids is 2. The predicted molar refractivity (Wildman–Crippen MR) is 99.4 cm³/mol. The van der Waals surface area contributed by atoms with Crippen LogP contribution >= 0.6 is 11.3 Å². The van der Waals surface area contributed by atoms with Crippen LogP contribution in [-0.4, -0.2) is 62.6 Å². The lowest BCUT2D eigenvalue weighted by molar-refractivity contribution is 0.0532. The monoisotopic (exact) mass is 369 g/mol. The zero-order chi connectivity index (χ0) is 18.3. The van der Waals surface area contributed by atoms with Gasteiger partial charge >= 0.3 is 0 Å². The fraction of sp³-hybridized carbons (Fsp3) is 0.333. The Balaban J connectivity index is 1.42. The van der Waals surface area contributed by atoms with Crippen LogP contribution in [-0.2, 0) is 7.05 Å². The molecule has 0 atom stereocenters. The second-order valence-corrected chi connectivity index (χ2v) is 7.40. The van der Waals surface area contributed by atoms with E-state index >= 15 is 0 Å². The fourth-order valence-electron chi connectivity index (χ4n) is 3.04. The summed E-state index contributed by atoms with van der Waals surface area (Å²) in [6, 6.07) is 9.53. The predicted octanol–water partition coefficient (Wildman–Crippen LogP) is 1.94. The molecule has 0 spiro atoms. The molecular formula is C18H19N5O2S. The minimum atomic E-state index is -0.0826. The third kappa shape index (κ3) is 2.96. The highest BCUT2D eigenvalue weighted by atomic mass is 32.1. The first-order chi connectivity index (χ1) is 12.5. The number of hydrogen-bond donors (Lipinski definition) is 0. The summed E-state index contributed by atoms with van der Waals surface area (Å²) in [6.45, 7) is 3.94. The normalized spacial score (nSPS) is 14.8. The third-order valence-corrected chi connectivity index (χ3v) is 5.69. The van der Waals surface area contributed by atoms with Gasteiger partial charge in [0, 0.05) is 38.9 Å². The maximum atomic E-state index is 12.7. The molecule has 0 N–H and O–H groups in total. The second kappa shape index (κ2) is 6.53. The van der Waals surface area contributed by atoms with E-state index in [0.29, 0.717) is 36.9 Å². The Kier molecular flexibility index (Phi) is 4.20. The molecule has 0 aliphatic carbocycles. The summed E-state index contributed by atoms with van der Waals surface area (Å²) in [4.78, 5) is 33.2. The average molecular weight is 369 g/mol. The van der Waals surface area contributed by atoms with Gasteiger partial charge in [-0.1, -0.05) is 12.1 Å². The second-order valence-electron chi connectivity index (χ2n) is 6.37. The van der Waals surface area contributed by atoms with Crippen LogP contribution < -0.4 is 0 Å². The van der Waals surface area contributed by atoms with E-state index in [1.54, 1.807) is 20.5 Å². The van der Waals surface area contributed by atoms with Gasteiger partial charge in [-0.3, -0.25) is 14.3 Å². The topological polar surface area (TPSA) is 71.3 Å². The van der Waals surface area contributed by atoms with Gasteiger partial charge in [0.15, 0.2) is 10.7 Å². The molecule has 2 aromatic heterocycles. The fourth-order valence-corrected chi connectivity index (χ4v) is 3.97. The Morgan fingerprint density at radius 3 is 2.31 bits per heavy atom. The number of rotatable bonds is 2. The molecule has 0 bridgehead atoms. The van der Waals surface area contributed by atoms with E-state index < -0.39 is 0 Å². The molecule has 1 aliphatic rings. The van der Waals surface area contributed by atoms with E-state index in [1.807, 2.05) is 38.2 Å². The number of amides is 2. The van der Waals surface area contributed by atoms with Crippen molar-refractivity contribution in [3.63, 3.8) is 0 Å². The van der Waals surface area contributed by atoms with Gasteiger partial charge in [0.05, 0.1) is 10.2 Å². The Morgan fingerprint density at radius 2 is 1.69 bits per heavy atom. The van der Waals surface area contributed by atoms with Crippen molar-refractivity contribution in [3.8, 4) is 0 Å². The molecule has 1 aliphatic heterocycles. The van der Waals surface area contributed by atoms with Crippen LogP contribution in [0.2, 0.25) is 0 Å². The lowest BCUT2D eigenvalue weighted by atomic mass is 10.2. The Labute approximate surface area is 154 Å². The third-order valence-electron chi connectivity index (χ3n) is 4.66. The van der Waals surface area contributed by atoms with E-state index in [2.05, 4.69) is 10.1 Å². The van der Waals surface area contributed by atoms with Gasteiger partial charge in [0.25, 0.3) is 11.8 Å². The molecule has 0 saturated carbocycles. The standard InChI is InChI=1S/C18H19N5O2S/c1-12-11-14(20-21(12)2)17(24)22-7-9-23(10-8-22)18(25)16-19-13-5-3-4-6-15(13)26-16/h3-6,11H,7-10H2,1-2H3. The van der Waals surface area contributed by atoms with Crippen LogP contribution in [0.5, 0.6) is 0 Å². The van der Waals surface area contributed by atoms with Crippen molar-refractivity contribution in [3.05, 3.63) is 46.7 Å². The molecule has 4 rings (SSSR count). The Morgan fingerprint density at radius 1 is 1.04 bits per heavy atom. The summed E-state index contributed by atoms with van der Waals surface area (Å²) in [7, 11) is 1.82. The number of para-hydroxylation sites is 1. The summed E-state index contributed by atoms with van der Waals surface area (Å²) in [5.74, 6) is -0.146. The Hall–Kier alpha value is -2.74. The molecule has 1 fully saturated rings. The zero-order valence-electron chi connectivity index (χ0n) is 14.7. The van der Waals surface area contributed by atoms with Crippen molar-refractivity contribution in [1.82, 2.24) is 24.6 Å². The van der Waals surface area contributed by atoms with Crippen LogP contribution in [0.15, 0.2) is 30.3 Å². The van der Waals surface area contributed by atoms with E-state index in [9.17, 15) is 9.59 Å². The molecule has 134 valence electrons. The summed E-state index contributed by atoms with van der Waals surface area (Å²) >= 11 is 1.41. The Bertz CT molecular complexity index is 932. The van der Waals surface area contributed by atoms with E-state index in [0.717, 1.165) is 15.9 Å². The number of aryl methyl sites for hydroxylation is 2. The average Bonchev–Trinajstić information content (AvgIpc) is 3.24. The number of piperazine rings is 1. The molecular weight excluding hydrogens is 350 g/mol. The van der Waals surface area contributed by atoms with Crippen LogP contribution in [0, 0.1) is 6.92 Å². The molecule has 8 heteroatoms. The maximum Gasteiger partial charge on any atom is 0.282 e. The molecule has 0 unspecified atom stereocenters. The minimum absolute atomic E-state index is 0.0630. The van der Waals surface area contributed by atoms with Crippen LogP contribution in [0.25, 0.3) is 10.2 Å². The van der Waals surface area contributed by atoms with Crippen molar-refractivity contribution >= 4 is 33.4 Å². The summed E-state index contributed by atoms with van der Waals surface area (Å²) in [5, 5.41) is 4.75. The van der Waals surface area contributed by atoms with E-state index in [1.165, 1.54) is 11.3 Å². The highest BCUT2D eigenvalue weighted by Gasteiger charge is 2.28. The smallest absolute Gasteiger partial charge is 0.282 e. The van der Waals surface area contributed by atoms with Gasteiger partial charge in [-0.15, -0.1) is 11.3 Å². The molecule has 1 saturated heterocycles. The van der Waals surface area contributed by atoms with Crippen molar-refractivity contribution in [2.24, 2.45) is 7.05 Å². The number of nitrogens with zero attached hydrogens (tertiary/aromatic N) is 5. The van der Waals surface area contributed by atoms with Crippen molar-refractivity contribution in [1.29, 1.82) is 0 Å². The summed E-state index contributed by atoms with van der Waals surface area (Å²) < 4.78 is 2.70. The van der Waals surface area contributed by atoms with Crippen LogP contribution in [0.1, 0.15) is 26.0 Å². The van der Waals surface area contributed by atoms with Gasteiger partial charge in [-0.25, -0.2) is 4.98 Å². The van der Waals surface area contributed by atoms with Gasteiger partial charge in [-0.05, 0) is 25.1 Å². The van der Waals surface area contributed by atoms with E-state index in [4.69, 9.17) is 0 Å². The maximum absolute atomic E-state index is 12.7. The summed E-state index contributed by atoms with van der Waals surface area (Å²) in [6.07, 6.45) is 0. The lowest BCUT2D eigenvalue weighted by Crippen LogP contribution is -2.50. The first-order valence-corrected chi connectivity index (χ1v) is 9.29. The number of benzene rings is 1. The largest absolute Gasteiger partial charge is 0.334 e. The zero-order valence-corrected chi connectivity index (χ0v) is 15.5. The number of aromatic nitrogens is 3. The van der Waals surface area contributed by atoms with Crippen LogP contribution in [0.4, 0.5) is 0 Å². The molecule has 3 heterocycles. The van der Waals surface area contributed by atoms with Crippen molar-refractivity contribution in [2.45, 2.75) is 6.92 Å². The molecule has 26 heavy (non-hydrogen) atoms. The number of thiazole rings is 1. The van der Waals surface area contributed by atoms with Gasteiger partial charge < -0.3 is 9.80 Å². The minimum Gasteiger partial charge on any atom is -0.334 e. The van der Waals surface area contributed by atoms with Crippen LogP contribution in [0.3, 0.4) is 0 Å². The highest BCUT2D eigenvalue weighted by molar-refractivity contribution is 7.20. The number of carbonyl (C=O) groups is 2. The molecule has 3 aromatic rings. The van der Waals surface area contributed by atoms with Crippen molar-refractivity contribution in [2.75, 3.05) is 26.2 Å². The first kappa shape index (κ1) is 16.7. The SMILES string of the molecule is Cc1cc(C(=O)N2CCN(C(=O)c3nc4ccccc4s3)CC2)nn1C. The van der Waals surface area contributed by atoms with Gasteiger partial charge in [0.2, 0.25) is 0 Å².